The minimum atomic E-state index is -0.974. The standard InChI is InChI=1S/C16H12F2N2O4/c17-10-2-3-12(18)11(8-10)16(22)20-19-15(21)9-1-4-13-14(7-9)24-6-5-23-13/h1-4,7-8H,5-6H2,(H,19,21)(H,20,22). The molecule has 0 aromatic heterocycles. The first-order chi connectivity index (χ1) is 11.5. The van der Waals surface area contributed by atoms with Crippen LogP contribution in [0.2, 0.25) is 0 Å². The smallest absolute Gasteiger partial charge is 0.272 e. The van der Waals surface area contributed by atoms with Crippen molar-refractivity contribution in [3.05, 3.63) is 59.2 Å². The average Bonchev–Trinajstić information content (AvgIpc) is 2.61. The van der Waals surface area contributed by atoms with Crippen LogP contribution in [0.15, 0.2) is 36.4 Å². The Morgan fingerprint density at radius 3 is 2.38 bits per heavy atom. The molecule has 6 nitrogen and oxygen atoms in total. The Bertz CT molecular complexity index is 811. The van der Waals surface area contributed by atoms with E-state index < -0.39 is 29.0 Å². The first-order valence-corrected chi connectivity index (χ1v) is 7.00. The van der Waals surface area contributed by atoms with Gasteiger partial charge in [0, 0.05) is 5.56 Å². The molecule has 3 rings (SSSR count). The quantitative estimate of drug-likeness (QED) is 0.821. The number of benzene rings is 2. The average molecular weight is 334 g/mol. The van der Waals surface area contributed by atoms with Crippen LogP contribution in [-0.4, -0.2) is 25.0 Å². The van der Waals surface area contributed by atoms with Gasteiger partial charge in [-0.3, -0.25) is 20.4 Å². The molecule has 0 saturated carbocycles. The predicted octanol–water partition coefficient (Wildman–Crippen LogP) is 1.81. The largest absolute Gasteiger partial charge is 0.486 e. The van der Waals surface area contributed by atoms with Crippen molar-refractivity contribution in [3.63, 3.8) is 0 Å². The van der Waals surface area contributed by atoms with Crippen molar-refractivity contribution in [3.8, 4) is 11.5 Å². The Balaban J connectivity index is 1.67. The summed E-state index contributed by atoms with van der Waals surface area (Å²) in [7, 11) is 0. The number of rotatable bonds is 2. The van der Waals surface area contributed by atoms with E-state index in [-0.39, 0.29) is 5.56 Å². The maximum Gasteiger partial charge on any atom is 0.272 e. The molecule has 2 aromatic rings. The Hall–Kier alpha value is -3.16. The van der Waals surface area contributed by atoms with Gasteiger partial charge in [0.05, 0.1) is 5.56 Å². The summed E-state index contributed by atoms with van der Waals surface area (Å²) in [4.78, 5) is 23.8. The maximum atomic E-state index is 13.5. The molecule has 1 heterocycles. The Labute approximate surface area is 135 Å². The first-order valence-electron chi connectivity index (χ1n) is 7.00. The van der Waals surface area contributed by atoms with Crippen LogP contribution < -0.4 is 20.3 Å². The van der Waals surface area contributed by atoms with Gasteiger partial charge in [0.25, 0.3) is 11.8 Å². The Morgan fingerprint density at radius 2 is 1.58 bits per heavy atom. The van der Waals surface area contributed by atoms with Crippen LogP contribution in [0, 0.1) is 11.6 Å². The van der Waals surface area contributed by atoms with E-state index in [1.807, 2.05) is 5.43 Å². The molecular formula is C16H12F2N2O4. The van der Waals surface area contributed by atoms with Crippen LogP contribution in [0.4, 0.5) is 8.78 Å². The van der Waals surface area contributed by atoms with E-state index in [0.29, 0.717) is 24.7 Å². The second-order valence-electron chi connectivity index (χ2n) is 4.89. The summed E-state index contributed by atoms with van der Waals surface area (Å²) >= 11 is 0. The molecule has 0 fully saturated rings. The fraction of sp³-hybridized carbons (Fsp3) is 0.125. The van der Waals surface area contributed by atoms with Crippen LogP contribution in [0.3, 0.4) is 0 Å². The Morgan fingerprint density at radius 1 is 0.875 bits per heavy atom. The van der Waals surface area contributed by atoms with Crippen molar-refractivity contribution in [2.75, 3.05) is 13.2 Å². The van der Waals surface area contributed by atoms with Gasteiger partial charge in [0.15, 0.2) is 11.5 Å². The molecule has 0 bridgehead atoms. The number of carbonyl (C=O) groups is 2. The van der Waals surface area contributed by atoms with E-state index in [0.717, 1.165) is 18.2 Å². The molecule has 2 amide bonds. The van der Waals surface area contributed by atoms with Crippen LogP contribution >= 0.6 is 0 Å². The highest BCUT2D eigenvalue weighted by molar-refractivity contribution is 5.99. The van der Waals surface area contributed by atoms with E-state index in [4.69, 9.17) is 9.47 Å². The third-order valence-corrected chi connectivity index (χ3v) is 3.27. The summed E-state index contributed by atoms with van der Waals surface area (Å²) in [6.45, 7) is 0.793. The lowest BCUT2D eigenvalue weighted by molar-refractivity contribution is 0.0843. The molecule has 1 aliphatic rings. The van der Waals surface area contributed by atoms with Crippen LogP contribution in [0.5, 0.6) is 11.5 Å². The molecule has 0 saturated heterocycles. The van der Waals surface area contributed by atoms with Gasteiger partial charge in [0.1, 0.15) is 24.8 Å². The molecule has 0 spiro atoms. The molecule has 0 unspecified atom stereocenters. The topological polar surface area (TPSA) is 76.7 Å². The van der Waals surface area contributed by atoms with Gasteiger partial charge >= 0.3 is 0 Å². The summed E-state index contributed by atoms with van der Waals surface area (Å²) in [6.07, 6.45) is 0. The first kappa shape index (κ1) is 15.7. The van der Waals surface area contributed by atoms with E-state index in [2.05, 4.69) is 5.43 Å². The number of ether oxygens (including phenoxy) is 2. The summed E-state index contributed by atoms with van der Waals surface area (Å²) in [6, 6.07) is 6.96. The van der Waals surface area contributed by atoms with Crippen LogP contribution in [-0.2, 0) is 0 Å². The molecule has 2 aromatic carbocycles. The van der Waals surface area contributed by atoms with E-state index >= 15 is 0 Å². The summed E-state index contributed by atoms with van der Waals surface area (Å²) in [5.74, 6) is -2.35. The molecule has 8 heteroatoms. The van der Waals surface area contributed by atoms with Gasteiger partial charge < -0.3 is 9.47 Å². The summed E-state index contributed by atoms with van der Waals surface area (Å²) in [5, 5.41) is 0. The van der Waals surface area contributed by atoms with Gasteiger partial charge in [-0.05, 0) is 36.4 Å². The van der Waals surface area contributed by atoms with Crippen molar-refractivity contribution in [2.24, 2.45) is 0 Å². The second kappa shape index (κ2) is 6.53. The highest BCUT2D eigenvalue weighted by Gasteiger charge is 2.17. The van der Waals surface area contributed by atoms with Crippen molar-refractivity contribution < 1.29 is 27.8 Å². The third kappa shape index (κ3) is 3.27. The molecule has 2 N–H and O–H groups in total. The van der Waals surface area contributed by atoms with Gasteiger partial charge in [-0.25, -0.2) is 8.78 Å². The number of hydrogen-bond acceptors (Lipinski definition) is 4. The lowest BCUT2D eigenvalue weighted by Crippen LogP contribution is -2.42. The monoisotopic (exact) mass is 334 g/mol. The zero-order chi connectivity index (χ0) is 17.1. The summed E-state index contributed by atoms with van der Waals surface area (Å²) < 4.78 is 37.2. The molecule has 124 valence electrons. The van der Waals surface area contributed by atoms with Gasteiger partial charge in [-0.1, -0.05) is 0 Å². The van der Waals surface area contributed by atoms with Crippen molar-refractivity contribution >= 4 is 11.8 Å². The van der Waals surface area contributed by atoms with Crippen LogP contribution in [0.1, 0.15) is 20.7 Å². The minimum Gasteiger partial charge on any atom is -0.486 e. The zero-order valence-corrected chi connectivity index (χ0v) is 12.3. The van der Waals surface area contributed by atoms with E-state index in [1.165, 1.54) is 12.1 Å². The van der Waals surface area contributed by atoms with Gasteiger partial charge in [-0.2, -0.15) is 0 Å². The lowest BCUT2D eigenvalue weighted by atomic mass is 10.2. The fourth-order valence-corrected chi connectivity index (χ4v) is 2.11. The van der Waals surface area contributed by atoms with Crippen molar-refractivity contribution in [1.82, 2.24) is 10.9 Å². The lowest BCUT2D eigenvalue weighted by Gasteiger charge is -2.18. The molecule has 0 aliphatic carbocycles. The molecule has 1 aliphatic heterocycles. The normalized spacial score (nSPS) is 12.4. The number of nitrogens with one attached hydrogen (secondary N) is 2. The maximum absolute atomic E-state index is 13.5. The summed E-state index contributed by atoms with van der Waals surface area (Å²) in [5.41, 5.74) is 3.85. The van der Waals surface area contributed by atoms with Crippen LogP contribution in [0.25, 0.3) is 0 Å². The number of hydrogen-bond donors (Lipinski definition) is 2. The fourth-order valence-electron chi connectivity index (χ4n) is 2.11. The highest BCUT2D eigenvalue weighted by Crippen LogP contribution is 2.30. The number of halogens is 2. The Kier molecular flexibility index (Phi) is 4.28. The van der Waals surface area contributed by atoms with Crippen molar-refractivity contribution in [2.45, 2.75) is 0 Å². The zero-order valence-electron chi connectivity index (χ0n) is 12.3. The van der Waals surface area contributed by atoms with E-state index in [9.17, 15) is 18.4 Å². The molecule has 0 radical (unpaired) electrons. The van der Waals surface area contributed by atoms with Crippen molar-refractivity contribution in [1.29, 1.82) is 0 Å². The number of amides is 2. The third-order valence-electron chi connectivity index (χ3n) is 3.27. The second-order valence-corrected chi connectivity index (χ2v) is 4.89. The number of hydrazine groups is 1. The molecule has 24 heavy (non-hydrogen) atoms. The number of carbonyl (C=O) groups excluding carboxylic acids is 2. The minimum absolute atomic E-state index is 0.208. The SMILES string of the molecule is O=C(NNC(=O)c1cc(F)ccc1F)c1ccc2c(c1)OCCO2. The van der Waals surface area contributed by atoms with E-state index in [1.54, 1.807) is 6.07 Å². The molecular weight excluding hydrogens is 322 g/mol. The van der Waals surface area contributed by atoms with Gasteiger partial charge in [-0.15, -0.1) is 0 Å². The molecule has 0 atom stereocenters. The van der Waals surface area contributed by atoms with Gasteiger partial charge in [0.2, 0.25) is 0 Å². The highest BCUT2D eigenvalue weighted by atomic mass is 19.1. The predicted molar refractivity (Wildman–Crippen MR) is 78.7 cm³/mol. The number of fused-ring (bicyclic) bond motifs is 1.